The molecule has 6 heteroatoms. The van der Waals surface area contributed by atoms with Gasteiger partial charge in [-0.3, -0.25) is 9.59 Å². The van der Waals surface area contributed by atoms with Crippen molar-refractivity contribution in [3.05, 3.63) is 72.5 Å². The number of amides is 2. The molecule has 0 radical (unpaired) electrons. The number of hydrogen-bond donors (Lipinski definition) is 0. The van der Waals surface area contributed by atoms with Crippen molar-refractivity contribution in [2.45, 2.75) is 71.4 Å². The zero-order valence-electron chi connectivity index (χ0n) is 19.8. The molecule has 0 saturated carbocycles. The highest BCUT2D eigenvalue weighted by Gasteiger charge is 2.21. The highest BCUT2D eigenvalue weighted by Crippen LogP contribution is 2.14. The van der Waals surface area contributed by atoms with E-state index in [2.05, 4.69) is 13.5 Å². The SMILES string of the molecule is C=CCN(CC(=O)N(Cc1ccc(F)cc1)Cc1ccco1)C(=O)CCCCCCCCC. The summed E-state index contributed by atoms with van der Waals surface area (Å²) < 4.78 is 18.7. The molecule has 2 amide bonds. The van der Waals surface area contributed by atoms with E-state index in [0.717, 1.165) is 24.8 Å². The van der Waals surface area contributed by atoms with Gasteiger partial charge in [0, 0.05) is 19.5 Å². The van der Waals surface area contributed by atoms with Crippen LogP contribution in [0.25, 0.3) is 0 Å². The quantitative estimate of drug-likeness (QED) is 0.226. The van der Waals surface area contributed by atoms with Crippen molar-refractivity contribution in [2.24, 2.45) is 0 Å². The number of furan rings is 1. The highest BCUT2D eigenvalue weighted by molar-refractivity contribution is 5.85. The summed E-state index contributed by atoms with van der Waals surface area (Å²) in [6.07, 6.45) is 11.6. The molecule has 0 aliphatic carbocycles. The van der Waals surface area contributed by atoms with Crippen molar-refractivity contribution >= 4 is 11.8 Å². The standard InChI is InChI=1S/C27H37FN2O3/c1-3-5-6-7-8-9-10-13-26(31)29(18-4-2)22-27(32)30(21-25-12-11-19-33-25)20-23-14-16-24(28)17-15-23/h4,11-12,14-17,19H,2-3,5-10,13,18,20-22H2,1H3. The molecule has 1 aromatic heterocycles. The van der Waals surface area contributed by atoms with Crippen LogP contribution in [0.3, 0.4) is 0 Å². The molecule has 0 atom stereocenters. The fourth-order valence-corrected chi connectivity index (χ4v) is 3.70. The monoisotopic (exact) mass is 456 g/mol. The van der Waals surface area contributed by atoms with Crippen LogP contribution >= 0.6 is 0 Å². The van der Waals surface area contributed by atoms with Crippen molar-refractivity contribution in [1.29, 1.82) is 0 Å². The summed E-state index contributed by atoms with van der Waals surface area (Å²) in [6, 6.07) is 9.64. The maximum absolute atomic E-state index is 13.3. The van der Waals surface area contributed by atoms with Crippen LogP contribution in [0, 0.1) is 5.82 Å². The molecular weight excluding hydrogens is 419 g/mol. The average molecular weight is 457 g/mol. The van der Waals surface area contributed by atoms with Gasteiger partial charge in [0.1, 0.15) is 18.1 Å². The third kappa shape index (κ3) is 10.1. The summed E-state index contributed by atoms with van der Waals surface area (Å²) in [5.74, 6) is 0.105. The number of carbonyl (C=O) groups excluding carboxylic acids is 2. The first-order valence-electron chi connectivity index (χ1n) is 12.0. The Hall–Kier alpha value is -2.89. The minimum absolute atomic E-state index is 0.0245. The maximum Gasteiger partial charge on any atom is 0.242 e. The summed E-state index contributed by atoms with van der Waals surface area (Å²) in [5.41, 5.74) is 0.806. The Balaban J connectivity index is 1.95. The molecule has 0 saturated heterocycles. The van der Waals surface area contributed by atoms with Gasteiger partial charge in [-0.2, -0.15) is 0 Å². The Bertz CT molecular complexity index is 834. The van der Waals surface area contributed by atoms with Crippen molar-refractivity contribution in [3.8, 4) is 0 Å². The van der Waals surface area contributed by atoms with E-state index >= 15 is 0 Å². The van der Waals surface area contributed by atoms with Gasteiger partial charge in [-0.05, 0) is 36.2 Å². The van der Waals surface area contributed by atoms with Gasteiger partial charge in [0.05, 0.1) is 12.8 Å². The summed E-state index contributed by atoms with van der Waals surface area (Å²) in [6.45, 7) is 6.81. The third-order valence-corrected chi connectivity index (χ3v) is 5.59. The maximum atomic E-state index is 13.3. The Kier molecular flexibility index (Phi) is 12.0. The van der Waals surface area contributed by atoms with Crippen LogP contribution < -0.4 is 0 Å². The van der Waals surface area contributed by atoms with Gasteiger partial charge in [0.15, 0.2) is 0 Å². The van der Waals surface area contributed by atoms with Crippen LogP contribution in [0.15, 0.2) is 59.7 Å². The fraction of sp³-hybridized carbons (Fsp3) is 0.481. The summed E-state index contributed by atoms with van der Waals surface area (Å²) in [5, 5.41) is 0. The predicted molar refractivity (Wildman–Crippen MR) is 129 cm³/mol. The van der Waals surface area contributed by atoms with Crippen molar-refractivity contribution < 1.29 is 18.4 Å². The van der Waals surface area contributed by atoms with Crippen molar-refractivity contribution in [3.63, 3.8) is 0 Å². The lowest BCUT2D eigenvalue weighted by atomic mass is 10.1. The van der Waals surface area contributed by atoms with Gasteiger partial charge in [-0.15, -0.1) is 6.58 Å². The molecule has 5 nitrogen and oxygen atoms in total. The van der Waals surface area contributed by atoms with E-state index in [0.29, 0.717) is 25.3 Å². The van der Waals surface area contributed by atoms with E-state index in [1.807, 2.05) is 0 Å². The predicted octanol–water partition coefficient (Wildman–Crippen LogP) is 6.10. The molecule has 0 N–H and O–H groups in total. The Morgan fingerprint density at radius 3 is 2.27 bits per heavy atom. The number of nitrogens with zero attached hydrogens (tertiary/aromatic N) is 2. The van der Waals surface area contributed by atoms with Crippen LogP contribution in [0.2, 0.25) is 0 Å². The summed E-state index contributed by atoms with van der Waals surface area (Å²) in [7, 11) is 0. The summed E-state index contributed by atoms with van der Waals surface area (Å²) in [4.78, 5) is 29.2. The van der Waals surface area contributed by atoms with E-state index in [-0.39, 0.29) is 30.7 Å². The molecule has 0 unspecified atom stereocenters. The Morgan fingerprint density at radius 1 is 0.939 bits per heavy atom. The number of unbranched alkanes of at least 4 members (excludes halogenated alkanes) is 6. The molecule has 0 fully saturated rings. The Morgan fingerprint density at radius 2 is 1.64 bits per heavy atom. The van der Waals surface area contributed by atoms with Crippen LogP contribution in [-0.2, 0) is 22.7 Å². The lowest BCUT2D eigenvalue weighted by Crippen LogP contribution is -2.42. The second kappa shape index (κ2) is 15.0. The highest BCUT2D eigenvalue weighted by atomic mass is 19.1. The van der Waals surface area contributed by atoms with Crippen LogP contribution in [0.4, 0.5) is 4.39 Å². The second-order valence-corrected chi connectivity index (χ2v) is 8.39. The van der Waals surface area contributed by atoms with Gasteiger partial charge >= 0.3 is 0 Å². The van der Waals surface area contributed by atoms with Gasteiger partial charge in [-0.1, -0.05) is 63.7 Å². The lowest BCUT2D eigenvalue weighted by Gasteiger charge is -2.27. The molecule has 0 spiro atoms. The van der Waals surface area contributed by atoms with E-state index in [1.165, 1.54) is 37.8 Å². The molecule has 0 aliphatic heterocycles. The van der Waals surface area contributed by atoms with E-state index < -0.39 is 0 Å². The first-order valence-corrected chi connectivity index (χ1v) is 12.0. The van der Waals surface area contributed by atoms with Gasteiger partial charge in [0.25, 0.3) is 0 Å². The number of rotatable bonds is 16. The summed E-state index contributed by atoms with van der Waals surface area (Å²) >= 11 is 0. The van der Waals surface area contributed by atoms with Gasteiger partial charge < -0.3 is 14.2 Å². The van der Waals surface area contributed by atoms with E-state index in [9.17, 15) is 14.0 Å². The molecule has 180 valence electrons. The number of benzene rings is 1. The van der Waals surface area contributed by atoms with Crippen molar-refractivity contribution in [2.75, 3.05) is 13.1 Å². The molecule has 33 heavy (non-hydrogen) atoms. The molecular formula is C27H37FN2O3. The number of hydrogen-bond acceptors (Lipinski definition) is 3. The molecule has 0 bridgehead atoms. The van der Waals surface area contributed by atoms with Crippen LogP contribution in [0.1, 0.15) is 69.6 Å². The third-order valence-electron chi connectivity index (χ3n) is 5.59. The normalized spacial score (nSPS) is 10.7. The zero-order valence-corrected chi connectivity index (χ0v) is 19.8. The first-order chi connectivity index (χ1) is 16.0. The van der Waals surface area contributed by atoms with Crippen LogP contribution in [0.5, 0.6) is 0 Å². The van der Waals surface area contributed by atoms with Crippen LogP contribution in [-0.4, -0.2) is 34.7 Å². The molecule has 2 aromatic rings. The zero-order chi connectivity index (χ0) is 23.9. The largest absolute Gasteiger partial charge is 0.467 e. The van der Waals surface area contributed by atoms with Crippen molar-refractivity contribution in [1.82, 2.24) is 9.80 Å². The Labute approximate surface area is 197 Å². The minimum Gasteiger partial charge on any atom is -0.467 e. The number of carbonyl (C=O) groups is 2. The first kappa shape index (κ1) is 26.4. The number of halogens is 1. The van der Waals surface area contributed by atoms with E-state index in [1.54, 1.807) is 46.4 Å². The van der Waals surface area contributed by atoms with Gasteiger partial charge in [0.2, 0.25) is 11.8 Å². The molecule has 0 aliphatic rings. The van der Waals surface area contributed by atoms with Gasteiger partial charge in [-0.25, -0.2) is 4.39 Å². The average Bonchev–Trinajstić information content (AvgIpc) is 3.32. The second-order valence-electron chi connectivity index (χ2n) is 8.39. The molecule has 2 rings (SSSR count). The fourth-order valence-electron chi connectivity index (χ4n) is 3.70. The smallest absolute Gasteiger partial charge is 0.242 e. The van der Waals surface area contributed by atoms with E-state index in [4.69, 9.17) is 4.42 Å². The topological polar surface area (TPSA) is 53.8 Å². The molecule has 1 heterocycles. The molecule has 1 aromatic carbocycles. The lowest BCUT2D eigenvalue weighted by molar-refractivity contribution is -0.141. The minimum atomic E-state index is -0.323.